The van der Waals surface area contributed by atoms with E-state index < -0.39 is 0 Å². The van der Waals surface area contributed by atoms with Gasteiger partial charge in [-0.1, -0.05) is 123 Å². The molecule has 0 spiro atoms. The van der Waals surface area contributed by atoms with Crippen LogP contribution < -0.4 is 0 Å². The summed E-state index contributed by atoms with van der Waals surface area (Å²) in [6, 6.07) is 38.1. The molecule has 4 aromatic carbocycles. The molecule has 62 heavy (non-hydrogen) atoms. The molecular weight excluding hydrogens is 769 g/mol. The highest BCUT2D eigenvalue weighted by atomic mass is 16.2. The minimum atomic E-state index is -0.274. The summed E-state index contributed by atoms with van der Waals surface area (Å²) in [7, 11) is 0. The van der Waals surface area contributed by atoms with E-state index in [1.54, 1.807) is 0 Å². The van der Waals surface area contributed by atoms with Gasteiger partial charge in [0.2, 0.25) is 11.8 Å². The van der Waals surface area contributed by atoms with E-state index in [-0.39, 0.29) is 36.0 Å². The van der Waals surface area contributed by atoms with E-state index in [1.165, 1.54) is 0 Å². The van der Waals surface area contributed by atoms with Gasteiger partial charge in [0.05, 0.1) is 35.9 Å². The van der Waals surface area contributed by atoms with Gasteiger partial charge in [-0.2, -0.15) is 0 Å². The van der Waals surface area contributed by atoms with Gasteiger partial charge in [0.1, 0.15) is 23.7 Å². The molecule has 10 nitrogen and oxygen atoms in total. The molecule has 318 valence electrons. The quantitative estimate of drug-likeness (QED) is 0.107. The fourth-order valence-electron chi connectivity index (χ4n) is 10.3. The number of rotatable bonds is 15. The first-order chi connectivity index (χ1) is 30.5. The van der Waals surface area contributed by atoms with E-state index >= 15 is 0 Å². The molecule has 6 aromatic rings. The maximum Gasteiger partial charge on any atom is 0.245 e. The Bertz CT molecular complexity index is 2280. The number of H-pyrrole nitrogens is 2. The Morgan fingerprint density at radius 3 is 1.27 bits per heavy atom. The SMILES string of the molecule is CCN(C1CC1)C(C(=O)N1CCCC1c1ncc(-c2ccc(-c3ccc(-c4cnc(C5CCCN5C(=O)C(c5ccccc5)N(CC)C5CC5)[nH]4)cc3)cc2)[nH]1)c1ccccc1. The monoisotopic (exact) mass is 826 g/mol. The van der Waals surface area contributed by atoms with Crippen molar-refractivity contribution < 1.29 is 9.59 Å². The Hall–Kier alpha value is -5.84. The lowest BCUT2D eigenvalue weighted by Gasteiger charge is -2.35. The van der Waals surface area contributed by atoms with Crippen LogP contribution in [0, 0.1) is 0 Å². The first kappa shape index (κ1) is 40.2. The summed E-state index contributed by atoms with van der Waals surface area (Å²) < 4.78 is 0. The van der Waals surface area contributed by atoms with Crippen LogP contribution >= 0.6 is 0 Å². The third kappa shape index (κ3) is 8.02. The smallest absolute Gasteiger partial charge is 0.245 e. The summed E-state index contributed by atoms with van der Waals surface area (Å²) in [5.74, 6) is 2.07. The summed E-state index contributed by atoms with van der Waals surface area (Å²) >= 11 is 0. The van der Waals surface area contributed by atoms with Crippen LogP contribution in [0.3, 0.4) is 0 Å². The largest absolute Gasteiger partial charge is 0.340 e. The van der Waals surface area contributed by atoms with Crippen LogP contribution in [-0.2, 0) is 9.59 Å². The van der Waals surface area contributed by atoms with E-state index in [1.807, 2.05) is 48.8 Å². The number of aromatic amines is 2. The number of amides is 2. The molecule has 4 atom stereocenters. The van der Waals surface area contributed by atoms with Crippen LogP contribution in [0.4, 0.5) is 0 Å². The molecule has 0 bridgehead atoms. The van der Waals surface area contributed by atoms with Gasteiger partial charge >= 0.3 is 0 Å². The molecule has 0 radical (unpaired) electrons. The second kappa shape index (κ2) is 17.5. The lowest BCUT2D eigenvalue weighted by Crippen LogP contribution is -2.44. The Morgan fingerprint density at radius 2 is 0.919 bits per heavy atom. The Balaban J connectivity index is 0.809. The summed E-state index contributed by atoms with van der Waals surface area (Å²) in [5, 5.41) is 0. The zero-order valence-corrected chi connectivity index (χ0v) is 36.0. The Kier molecular flexibility index (Phi) is 11.4. The van der Waals surface area contributed by atoms with Crippen LogP contribution in [0.25, 0.3) is 33.6 Å². The van der Waals surface area contributed by atoms with Gasteiger partial charge in [0.15, 0.2) is 0 Å². The van der Waals surface area contributed by atoms with Crippen LogP contribution in [-0.4, -0.2) is 89.6 Å². The highest BCUT2D eigenvalue weighted by Crippen LogP contribution is 2.41. The molecule has 2 aliphatic carbocycles. The molecule has 10 rings (SSSR count). The normalized spacial score (nSPS) is 20.0. The highest BCUT2D eigenvalue weighted by molar-refractivity contribution is 5.85. The maximum atomic E-state index is 14.4. The number of likely N-dealkylation sites (tertiary alicyclic amines) is 2. The first-order valence-electron chi connectivity index (χ1n) is 23.0. The van der Waals surface area contributed by atoms with Crippen LogP contribution in [0.15, 0.2) is 122 Å². The van der Waals surface area contributed by atoms with E-state index in [9.17, 15) is 9.59 Å². The number of carbonyl (C=O) groups is 2. The highest BCUT2D eigenvalue weighted by Gasteiger charge is 2.44. The van der Waals surface area contributed by atoms with E-state index in [0.29, 0.717) is 12.1 Å². The summed E-state index contributed by atoms with van der Waals surface area (Å²) in [4.78, 5) is 54.7. The average Bonchev–Trinajstić information content (AvgIpc) is 4.03. The first-order valence-corrected chi connectivity index (χ1v) is 23.0. The molecule has 10 heteroatoms. The van der Waals surface area contributed by atoms with Gasteiger partial charge in [0, 0.05) is 25.2 Å². The van der Waals surface area contributed by atoms with Crippen molar-refractivity contribution in [3.05, 3.63) is 144 Å². The number of nitrogens with one attached hydrogen (secondary N) is 2. The third-order valence-corrected chi connectivity index (χ3v) is 13.7. The molecule has 4 fully saturated rings. The van der Waals surface area contributed by atoms with Gasteiger partial charge in [-0.05, 0) is 97.8 Å². The maximum absolute atomic E-state index is 14.4. The topological polar surface area (TPSA) is 104 Å². The van der Waals surface area contributed by atoms with Crippen molar-refractivity contribution >= 4 is 11.8 Å². The second-order valence-electron chi connectivity index (χ2n) is 17.6. The molecule has 2 N–H and O–H groups in total. The van der Waals surface area contributed by atoms with Gasteiger partial charge < -0.3 is 19.8 Å². The predicted octanol–water partition coefficient (Wildman–Crippen LogP) is 9.91. The van der Waals surface area contributed by atoms with Gasteiger partial charge in [-0.3, -0.25) is 19.4 Å². The lowest BCUT2D eigenvalue weighted by molar-refractivity contribution is -0.139. The molecule has 2 aliphatic heterocycles. The summed E-state index contributed by atoms with van der Waals surface area (Å²) in [6.45, 7) is 7.53. The zero-order valence-electron chi connectivity index (χ0n) is 36.0. The predicted molar refractivity (Wildman–Crippen MR) is 244 cm³/mol. The van der Waals surface area contributed by atoms with Crippen LogP contribution in [0.1, 0.15) is 112 Å². The number of imidazole rings is 2. The fraction of sp³-hybridized carbons (Fsp3) is 0.385. The number of likely N-dealkylation sites (N-methyl/N-ethyl adjacent to an activating group) is 2. The van der Waals surface area contributed by atoms with E-state index in [4.69, 9.17) is 9.97 Å². The van der Waals surface area contributed by atoms with E-state index in [0.717, 1.165) is 134 Å². The molecule has 4 aliphatic rings. The van der Waals surface area contributed by atoms with Crippen molar-refractivity contribution in [2.45, 2.75) is 101 Å². The summed E-state index contributed by atoms with van der Waals surface area (Å²) in [6.07, 6.45) is 12.2. The van der Waals surface area contributed by atoms with Crippen molar-refractivity contribution in [1.82, 2.24) is 39.5 Å². The minimum Gasteiger partial charge on any atom is -0.340 e. The second-order valence-corrected chi connectivity index (χ2v) is 17.6. The van der Waals surface area contributed by atoms with Crippen molar-refractivity contribution in [2.24, 2.45) is 0 Å². The Morgan fingerprint density at radius 1 is 0.548 bits per heavy atom. The zero-order chi connectivity index (χ0) is 42.2. The molecule has 2 amide bonds. The van der Waals surface area contributed by atoms with Gasteiger partial charge in [-0.15, -0.1) is 0 Å². The molecule has 4 heterocycles. The van der Waals surface area contributed by atoms with E-state index in [2.05, 4.69) is 116 Å². The molecular formula is C52H58N8O2. The number of aromatic nitrogens is 4. The van der Waals surface area contributed by atoms with Crippen molar-refractivity contribution in [3.8, 4) is 33.6 Å². The van der Waals surface area contributed by atoms with Gasteiger partial charge in [-0.25, -0.2) is 9.97 Å². The van der Waals surface area contributed by atoms with Crippen molar-refractivity contribution in [3.63, 3.8) is 0 Å². The van der Waals surface area contributed by atoms with Crippen molar-refractivity contribution in [2.75, 3.05) is 26.2 Å². The van der Waals surface area contributed by atoms with Crippen LogP contribution in [0.2, 0.25) is 0 Å². The fourth-order valence-corrected chi connectivity index (χ4v) is 10.3. The number of hydrogen-bond donors (Lipinski definition) is 2. The number of nitrogens with zero attached hydrogens (tertiary/aromatic N) is 6. The number of hydrogen-bond acceptors (Lipinski definition) is 6. The standard InChI is InChI=1S/C52H58N8O2/c1-3-57(41-27-28-41)47(39-13-7-5-8-14-39)51(61)59-31-11-17-45(59)49-53-33-43(55-49)37-23-19-35(20-24-37)36-21-25-38(26-22-36)44-34-54-50(56-44)46-18-12-32-60(46)52(62)48(40-15-9-6-10-16-40)58(4-2)42-29-30-42/h5-10,13-16,19-26,33-34,41-42,45-48H,3-4,11-12,17-18,27-32H2,1-2H3,(H,53,55)(H,54,56). The molecule has 4 unspecified atom stereocenters. The number of benzene rings is 4. The summed E-state index contributed by atoms with van der Waals surface area (Å²) in [5.41, 5.74) is 8.42. The third-order valence-electron chi connectivity index (χ3n) is 13.7. The molecule has 2 aromatic heterocycles. The lowest BCUT2D eigenvalue weighted by atomic mass is 10.0. The number of carbonyl (C=O) groups excluding carboxylic acids is 2. The van der Waals surface area contributed by atoms with Crippen molar-refractivity contribution in [1.29, 1.82) is 0 Å². The minimum absolute atomic E-state index is 0.0700. The van der Waals surface area contributed by atoms with Crippen LogP contribution in [0.5, 0.6) is 0 Å². The Labute approximate surface area is 365 Å². The van der Waals surface area contributed by atoms with Gasteiger partial charge in [0.25, 0.3) is 0 Å². The average molecular weight is 827 g/mol. The molecule has 2 saturated heterocycles. The molecule has 2 saturated carbocycles.